The number of carbonyl (C=O) groups excluding carboxylic acids is 1. The van der Waals surface area contributed by atoms with Crippen molar-refractivity contribution in [1.82, 2.24) is 4.98 Å². The van der Waals surface area contributed by atoms with Crippen LogP contribution >= 0.6 is 11.3 Å². The van der Waals surface area contributed by atoms with Crippen molar-refractivity contribution in [3.05, 3.63) is 91.7 Å². The lowest BCUT2D eigenvalue weighted by Gasteiger charge is -2.22. The molecule has 3 heterocycles. The van der Waals surface area contributed by atoms with Crippen LogP contribution in [0.1, 0.15) is 23.5 Å². The fourth-order valence-corrected chi connectivity index (χ4v) is 4.39. The second-order valence-electron chi connectivity index (χ2n) is 6.64. The quantitative estimate of drug-likeness (QED) is 0.474. The van der Waals surface area contributed by atoms with Gasteiger partial charge in [-0.3, -0.25) is 14.4 Å². The van der Waals surface area contributed by atoms with E-state index in [-0.39, 0.29) is 33.6 Å². The molecule has 7 heteroatoms. The molecule has 1 aliphatic rings. The van der Waals surface area contributed by atoms with Crippen LogP contribution in [0.3, 0.4) is 0 Å². The molecule has 0 N–H and O–H groups in total. The molecule has 1 unspecified atom stereocenters. The summed E-state index contributed by atoms with van der Waals surface area (Å²) in [6, 6.07) is 16.0. The minimum atomic E-state index is -0.756. The van der Waals surface area contributed by atoms with Crippen LogP contribution in [0.15, 0.2) is 74.9 Å². The highest BCUT2D eigenvalue weighted by molar-refractivity contribution is 7.12. The van der Waals surface area contributed by atoms with E-state index in [1.807, 2.05) is 30.3 Å². The summed E-state index contributed by atoms with van der Waals surface area (Å²) in [6.45, 7) is 0. The summed E-state index contributed by atoms with van der Waals surface area (Å²) >= 11 is 0.964. The number of ether oxygens (including phenoxy) is 1. The molecular weight excluding hydrogens is 390 g/mol. The van der Waals surface area contributed by atoms with Gasteiger partial charge >= 0.3 is 5.97 Å². The van der Waals surface area contributed by atoms with Gasteiger partial charge in [-0.2, -0.15) is 0 Å². The van der Waals surface area contributed by atoms with Crippen molar-refractivity contribution < 1.29 is 13.9 Å². The Kier molecular flexibility index (Phi) is 4.10. The maximum Gasteiger partial charge on any atom is 0.313 e. The topological polar surface area (TPSA) is 86.5 Å². The summed E-state index contributed by atoms with van der Waals surface area (Å²) in [5, 5.41) is 0.851. The second-order valence-corrected chi connectivity index (χ2v) is 7.60. The predicted octanol–water partition coefficient (Wildman–Crippen LogP) is 3.72. The smallest absolute Gasteiger partial charge is 0.313 e. The molecule has 0 aliphatic carbocycles. The third-order valence-electron chi connectivity index (χ3n) is 4.88. The molecule has 0 radical (unpaired) electrons. The Morgan fingerprint density at radius 1 is 0.966 bits per heavy atom. The SMILES string of the molecule is O=C1CC(c2coc3ccccc3c2=O)c2c(nc(-c3ccccc3)sc2=O)O1. The third-order valence-corrected chi connectivity index (χ3v) is 5.80. The Morgan fingerprint density at radius 2 is 1.72 bits per heavy atom. The first-order valence-corrected chi connectivity index (χ1v) is 9.75. The summed E-state index contributed by atoms with van der Waals surface area (Å²) in [4.78, 5) is 42.6. The summed E-state index contributed by atoms with van der Waals surface area (Å²) in [7, 11) is 0. The molecule has 1 aliphatic heterocycles. The van der Waals surface area contributed by atoms with Crippen LogP contribution in [-0.4, -0.2) is 11.0 Å². The zero-order valence-corrected chi connectivity index (χ0v) is 15.8. The van der Waals surface area contributed by atoms with Crippen molar-refractivity contribution in [3.8, 4) is 16.5 Å². The number of hydrogen-bond donors (Lipinski definition) is 0. The maximum absolute atomic E-state index is 13.0. The highest BCUT2D eigenvalue weighted by Gasteiger charge is 2.35. The molecule has 0 saturated carbocycles. The fourth-order valence-electron chi connectivity index (χ4n) is 3.50. The molecule has 0 amide bonds. The van der Waals surface area contributed by atoms with Gasteiger partial charge in [-0.15, -0.1) is 0 Å². The van der Waals surface area contributed by atoms with E-state index in [2.05, 4.69) is 4.98 Å². The molecule has 0 fully saturated rings. The lowest BCUT2D eigenvalue weighted by molar-refractivity contribution is -0.135. The number of carbonyl (C=O) groups is 1. The van der Waals surface area contributed by atoms with Crippen LogP contribution in [0, 0.1) is 0 Å². The standard InChI is InChI=1S/C22H13NO5S/c24-17-10-14(15-11-27-16-9-5-4-8-13(16)19(15)25)18-20(28-17)23-21(29-22(18)26)12-6-2-1-3-7-12/h1-9,11,14H,10H2. The molecule has 142 valence electrons. The monoisotopic (exact) mass is 403 g/mol. The highest BCUT2D eigenvalue weighted by Crippen LogP contribution is 2.37. The number of benzene rings is 2. The fraction of sp³-hybridized carbons (Fsp3) is 0.0909. The summed E-state index contributed by atoms with van der Waals surface area (Å²) in [5.41, 5.74) is 1.40. The van der Waals surface area contributed by atoms with E-state index in [1.165, 1.54) is 6.26 Å². The number of esters is 1. The summed E-state index contributed by atoms with van der Waals surface area (Å²) in [6.07, 6.45) is 1.21. The average molecular weight is 403 g/mol. The molecule has 6 nitrogen and oxygen atoms in total. The number of rotatable bonds is 2. The second kappa shape index (κ2) is 6.79. The van der Waals surface area contributed by atoms with Crippen LogP contribution < -0.4 is 14.9 Å². The predicted molar refractivity (Wildman–Crippen MR) is 108 cm³/mol. The molecule has 2 aromatic carbocycles. The van der Waals surface area contributed by atoms with E-state index < -0.39 is 11.9 Å². The zero-order valence-electron chi connectivity index (χ0n) is 15.0. The first kappa shape index (κ1) is 17.5. The number of aromatic nitrogens is 1. The molecule has 29 heavy (non-hydrogen) atoms. The van der Waals surface area contributed by atoms with Gasteiger partial charge in [0.15, 0.2) is 5.43 Å². The lowest BCUT2D eigenvalue weighted by atomic mass is 9.89. The Balaban J connectivity index is 1.71. The normalized spacial score (nSPS) is 15.7. The molecular formula is C22H13NO5S. The summed E-state index contributed by atoms with van der Waals surface area (Å²) in [5.74, 6) is -1.34. The van der Waals surface area contributed by atoms with Crippen molar-refractivity contribution in [2.45, 2.75) is 12.3 Å². The van der Waals surface area contributed by atoms with Crippen molar-refractivity contribution in [1.29, 1.82) is 0 Å². The zero-order chi connectivity index (χ0) is 20.0. The summed E-state index contributed by atoms with van der Waals surface area (Å²) < 4.78 is 10.6. The molecule has 0 saturated heterocycles. The number of nitrogens with zero attached hydrogens (tertiary/aromatic N) is 1. The van der Waals surface area contributed by atoms with Crippen LogP contribution in [0.5, 0.6) is 5.88 Å². The van der Waals surface area contributed by atoms with E-state index >= 15 is 0 Å². The first-order valence-electron chi connectivity index (χ1n) is 8.93. The van der Waals surface area contributed by atoms with E-state index in [1.54, 1.807) is 24.3 Å². The van der Waals surface area contributed by atoms with Crippen molar-refractivity contribution >= 4 is 28.3 Å². The van der Waals surface area contributed by atoms with E-state index in [9.17, 15) is 14.4 Å². The van der Waals surface area contributed by atoms with Crippen LogP contribution in [0.25, 0.3) is 21.5 Å². The Hall–Kier alpha value is -3.58. The van der Waals surface area contributed by atoms with Crippen molar-refractivity contribution in [2.24, 2.45) is 0 Å². The number of fused-ring (bicyclic) bond motifs is 2. The van der Waals surface area contributed by atoms with Crippen molar-refractivity contribution in [2.75, 3.05) is 0 Å². The van der Waals surface area contributed by atoms with Crippen molar-refractivity contribution in [3.63, 3.8) is 0 Å². The Morgan fingerprint density at radius 3 is 2.55 bits per heavy atom. The Bertz CT molecular complexity index is 1370. The Labute approximate surface area is 168 Å². The number of para-hydroxylation sites is 1. The molecule has 4 aromatic rings. The van der Waals surface area contributed by atoms with Gasteiger partial charge in [0.05, 0.1) is 23.6 Å². The van der Waals surface area contributed by atoms with Crippen LogP contribution in [0.4, 0.5) is 0 Å². The largest absolute Gasteiger partial charge is 0.464 e. The van der Waals surface area contributed by atoms with Gasteiger partial charge < -0.3 is 9.15 Å². The van der Waals surface area contributed by atoms with Gasteiger partial charge in [-0.1, -0.05) is 53.8 Å². The van der Waals surface area contributed by atoms with Gasteiger partial charge in [0.25, 0.3) is 0 Å². The van der Waals surface area contributed by atoms with Gasteiger partial charge in [0.2, 0.25) is 10.6 Å². The molecule has 5 rings (SSSR count). The van der Waals surface area contributed by atoms with Gasteiger partial charge in [-0.25, -0.2) is 4.98 Å². The van der Waals surface area contributed by atoms with Gasteiger partial charge in [0.1, 0.15) is 10.6 Å². The molecule has 2 aromatic heterocycles. The maximum atomic E-state index is 13.0. The molecule has 0 bridgehead atoms. The van der Waals surface area contributed by atoms with E-state index in [0.29, 0.717) is 16.0 Å². The van der Waals surface area contributed by atoms with Crippen LogP contribution in [-0.2, 0) is 4.79 Å². The minimum absolute atomic E-state index is 0.0404. The molecule has 1 atom stereocenters. The molecule has 0 spiro atoms. The van der Waals surface area contributed by atoms with Gasteiger partial charge in [0, 0.05) is 17.0 Å². The lowest BCUT2D eigenvalue weighted by Crippen LogP contribution is -2.29. The third kappa shape index (κ3) is 2.96. The highest BCUT2D eigenvalue weighted by atomic mass is 32.1. The number of hydrogen-bond acceptors (Lipinski definition) is 7. The first-order chi connectivity index (χ1) is 14.1. The van der Waals surface area contributed by atoms with Crippen LogP contribution in [0.2, 0.25) is 0 Å². The minimum Gasteiger partial charge on any atom is -0.464 e. The van der Waals surface area contributed by atoms with E-state index in [0.717, 1.165) is 16.9 Å². The average Bonchev–Trinajstić information content (AvgIpc) is 2.74. The van der Waals surface area contributed by atoms with E-state index in [4.69, 9.17) is 9.15 Å². The van der Waals surface area contributed by atoms with Gasteiger partial charge in [-0.05, 0) is 12.1 Å².